The Morgan fingerprint density at radius 3 is 2.65 bits per heavy atom. The third-order valence-corrected chi connectivity index (χ3v) is 3.58. The van der Waals surface area contributed by atoms with Gasteiger partial charge in [0.1, 0.15) is 5.75 Å². The summed E-state index contributed by atoms with van der Waals surface area (Å²) in [6.07, 6.45) is 2.99. The largest absolute Gasteiger partial charge is 0.497 e. The van der Waals surface area contributed by atoms with E-state index in [4.69, 9.17) is 15.6 Å². The van der Waals surface area contributed by atoms with Crippen molar-refractivity contribution in [2.75, 3.05) is 27.3 Å². The molecular formula is C16H28N2O2. The van der Waals surface area contributed by atoms with E-state index in [9.17, 15) is 0 Å². The summed E-state index contributed by atoms with van der Waals surface area (Å²) in [5.41, 5.74) is 7.35. The fourth-order valence-electron chi connectivity index (χ4n) is 2.57. The normalized spacial score (nSPS) is 14.3. The monoisotopic (exact) mass is 280 g/mol. The van der Waals surface area contributed by atoms with Gasteiger partial charge in [0.2, 0.25) is 0 Å². The lowest BCUT2D eigenvalue weighted by Gasteiger charge is -2.31. The molecule has 0 aliphatic carbocycles. The van der Waals surface area contributed by atoms with Crippen molar-refractivity contribution in [1.29, 1.82) is 0 Å². The summed E-state index contributed by atoms with van der Waals surface area (Å²) in [5.74, 6) is 0.863. The second-order valence-corrected chi connectivity index (χ2v) is 5.35. The molecule has 3 N–H and O–H groups in total. The Kier molecular flexibility index (Phi) is 7.59. The van der Waals surface area contributed by atoms with Crippen LogP contribution in [0.5, 0.6) is 5.75 Å². The topological polar surface area (TPSA) is 58.7 Å². The van der Waals surface area contributed by atoms with Crippen LogP contribution in [0.15, 0.2) is 24.3 Å². The number of methoxy groups -OCH3 is 1. The number of hydrogen-bond acceptors (Lipinski definition) is 4. The fourth-order valence-corrected chi connectivity index (χ4v) is 2.57. The number of aliphatic hydroxyl groups excluding tert-OH is 1. The second kappa shape index (κ2) is 8.95. The van der Waals surface area contributed by atoms with Crippen LogP contribution in [0.3, 0.4) is 0 Å². The van der Waals surface area contributed by atoms with Gasteiger partial charge >= 0.3 is 0 Å². The maximum absolute atomic E-state index is 8.82. The number of nitrogens with two attached hydrogens (primary N) is 1. The standard InChI is InChI=1S/C16H28N2O2/c1-13(17)16(18(2)10-5-4-6-11-19)14-8-7-9-15(12-14)20-3/h7-9,12-13,16,19H,4-6,10-11,17H2,1-3H3. The number of benzene rings is 1. The first-order valence-electron chi connectivity index (χ1n) is 7.30. The van der Waals surface area contributed by atoms with Crippen molar-refractivity contribution in [1.82, 2.24) is 4.90 Å². The van der Waals surface area contributed by atoms with E-state index < -0.39 is 0 Å². The molecule has 0 aliphatic heterocycles. The number of nitrogens with zero attached hydrogens (tertiary/aromatic N) is 1. The molecule has 0 aromatic heterocycles. The fraction of sp³-hybridized carbons (Fsp3) is 0.625. The van der Waals surface area contributed by atoms with Crippen molar-refractivity contribution in [2.24, 2.45) is 5.73 Å². The van der Waals surface area contributed by atoms with Crippen molar-refractivity contribution in [2.45, 2.75) is 38.3 Å². The number of aliphatic hydroxyl groups is 1. The molecule has 1 rings (SSSR count). The van der Waals surface area contributed by atoms with Crippen molar-refractivity contribution < 1.29 is 9.84 Å². The summed E-state index contributed by atoms with van der Waals surface area (Å²) >= 11 is 0. The summed E-state index contributed by atoms with van der Waals surface area (Å²) in [5, 5.41) is 8.82. The first-order valence-corrected chi connectivity index (χ1v) is 7.30. The van der Waals surface area contributed by atoms with Crippen LogP contribution in [-0.4, -0.2) is 43.4 Å². The molecule has 1 aromatic carbocycles. The van der Waals surface area contributed by atoms with Crippen molar-refractivity contribution in [3.8, 4) is 5.75 Å². The maximum atomic E-state index is 8.82. The molecule has 4 nitrogen and oxygen atoms in total. The van der Waals surface area contributed by atoms with Crippen molar-refractivity contribution in [3.05, 3.63) is 29.8 Å². The van der Waals surface area contributed by atoms with Crippen LogP contribution >= 0.6 is 0 Å². The molecule has 0 heterocycles. The minimum atomic E-state index is 0.0462. The summed E-state index contributed by atoms with van der Waals surface area (Å²) in [6.45, 7) is 3.29. The van der Waals surface area contributed by atoms with E-state index in [0.29, 0.717) is 0 Å². The Morgan fingerprint density at radius 2 is 2.05 bits per heavy atom. The first kappa shape index (κ1) is 17.0. The van der Waals surface area contributed by atoms with Crippen LogP contribution in [0, 0.1) is 0 Å². The first-order chi connectivity index (χ1) is 9.60. The molecule has 0 radical (unpaired) electrons. The van der Waals surface area contributed by atoms with E-state index in [1.807, 2.05) is 19.1 Å². The average molecular weight is 280 g/mol. The van der Waals surface area contributed by atoms with Gasteiger partial charge in [-0.1, -0.05) is 12.1 Å². The zero-order chi connectivity index (χ0) is 15.0. The Morgan fingerprint density at radius 1 is 1.30 bits per heavy atom. The third-order valence-electron chi connectivity index (χ3n) is 3.58. The van der Waals surface area contributed by atoms with E-state index in [2.05, 4.69) is 24.1 Å². The molecule has 2 unspecified atom stereocenters. The van der Waals surface area contributed by atoms with Crippen LogP contribution in [0.2, 0.25) is 0 Å². The van der Waals surface area contributed by atoms with E-state index in [1.54, 1.807) is 7.11 Å². The molecule has 0 bridgehead atoms. The molecule has 4 heteroatoms. The number of unbranched alkanes of at least 4 members (excludes halogenated alkanes) is 2. The predicted octanol–water partition coefficient (Wildman–Crippen LogP) is 2.18. The highest BCUT2D eigenvalue weighted by molar-refractivity contribution is 5.31. The summed E-state index contributed by atoms with van der Waals surface area (Å²) < 4.78 is 5.29. The molecular weight excluding hydrogens is 252 g/mol. The van der Waals surface area contributed by atoms with Crippen LogP contribution in [-0.2, 0) is 0 Å². The highest BCUT2D eigenvalue weighted by Crippen LogP contribution is 2.25. The molecule has 0 amide bonds. The van der Waals surface area contributed by atoms with Gasteiger partial charge in [0.25, 0.3) is 0 Å². The minimum absolute atomic E-state index is 0.0462. The molecule has 0 aliphatic rings. The van der Waals surface area contributed by atoms with Gasteiger partial charge in [-0.3, -0.25) is 4.90 Å². The van der Waals surface area contributed by atoms with Crippen LogP contribution < -0.4 is 10.5 Å². The molecule has 2 atom stereocenters. The van der Waals surface area contributed by atoms with Gasteiger partial charge in [-0.25, -0.2) is 0 Å². The number of ether oxygens (including phenoxy) is 1. The zero-order valence-electron chi connectivity index (χ0n) is 12.9. The van der Waals surface area contributed by atoms with Gasteiger partial charge in [0, 0.05) is 18.7 Å². The average Bonchev–Trinajstić information content (AvgIpc) is 2.43. The summed E-state index contributed by atoms with van der Waals surface area (Å²) in [7, 11) is 3.78. The van der Waals surface area contributed by atoms with Crippen molar-refractivity contribution in [3.63, 3.8) is 0 Å². The third kappa shape index (κ3) is 5.12. The number of rotatable bonds is 9. The van der Waals surface area contributed by atoms with Gasteiger partial charge in [0.15, 0.2) is 0 Å². The highest BCUT2D eigenvalue weighted by Gasteiger charge is 2.21. The summed E-state index contributed by atoms with van der Waals surface area (Å²) in [6, 6.07) is 8.33. The van der Waals surface area contributed by atoms with Crippen LogP contribution in [0.4, 0.5) is 0 Å². The molecule has 0 spiro atoms. The molecule has 20 heavy (non-hydrogen) atoms. The summed E-state index contributed by atoms with van der Waals surface area (Å²) in [4.78, 5) is 2.29. The van der Waals surface area contributed by atoms with Gasteiger partial charge in [-0.2, -0.15) is 0 Å². The van der Waals surface area contributed by atoms with Crippen molar-refractivity contribution >= 4 is 0 Å². The highest BCUT2D eigenvalue weighted by atomic mass is 16.5. The number of hydrogen-bond donors (Lipinski definition) is 2. The van der Waals surface area contributed by atoms with Gasteiger partial charge < -0.3 is 15.6 Å². The van der Waals surface area contributed by atoms with E-state index >= 15 is 0 Å². The lowest BCUT2D eigenvalue weighted by molar-refractivity contribution is 0.210. The zero-order valence-corrected chi connectivity index (χ0v) is 12.9. The quantitative estimate of drug-likeness (QED) is 0.681. The van der Waals surface area contributed by atoms with Crippen LogP contribution in [0.1, 0.15) is 37.8 Å². The van der Waals surface area contributed by atoms with Gasteiger partial charge in [0.05, 0.1) is 7.11 Å². The molecule has 1 aromatic rings. The smallest absolute Gasteiger partial charge is 0.119 e. The minimum Gasteiger partial charge on any atom is -0.497 e. The Labute approximate surface area is 122 Å². The number of likely N-dealkylation sites (N-methyl/N-ethyl adjacent to an activating group) is 1. The molecule has 114 valence electrons. The molecule has 0 fully saturated rings. The van der Waals surface area contributed by atoms with E-state index in [1.165, 1.54) is 5.56 Å². The lowest BCUT2D eigenvalue weighted by Crippen LogP contribution is -2.37. The molecule has 0 saturated carbocycles. The second-order valence-electron chi connectivity index (χ2n) is 5.35. The van der Waals surface area contributed by atoms with Crippen LogP contribution in [0.25, 0.3) is 0 Å². The SMILES string of the molecule is COc1cccc(C(C(C)N)N(C)CCCCCO)c1. The van der Waals surface area contributed by atoms with E-state index in [-0.39, 0.29) is 18.7 Å². The van der Waals surface area contributed by atoms with Gasteiger partial charge in [-0.15, -0.1) is 0 Å². The Balaban J connectivity index is 2.71. The lowest BCUT2D eigenvalue weighted by atomic mass is 9.99. The Hall–Kier alpha value is -1.10. The maximum Gasteiger partial charge on any atom is 0.119 e. The predicted molar refractivity (Wildman–Crippen MR) is 83.0 cm³/mol. The Bertz CT molecular complexity index is 382. The molecule has 0 saturated heterocycles. The van der Waals surface area contributed by atoms with Gasteiger partial charge in [-0.05, 0) is 57.5 Å². The van der Waals surface area contributed by atoms with E-state index in [0.717, 1.165) is 31.6 Å².